The third kappa shape index (κ3) is 4.17. The molecule has 0 saturated heterocycles. The molecule has 0 aliphatic carbocycles. The van der Waals surface area contributed by atoms with Gasteiger partial charge in [0.1, 0.15) is 5.75 Å². The molecule has 0 spiro atoms. The Hall–Kier alpha value is -2.09. The molecule has 0 fully saturated rings. The predicted molar refractivity (Wildman–Crippen MR) is 102 cm³/mol. The molecular formula is C19H21NO4S2. The van der Waals surface area contributed by atoms with Gasteiger partial charge in [-0.3, -0.25) is 0 Å². The smallest absolute Gasteiger partial charge is 0.243 e. The van der Waals surface area contributed by atoms with Crippen molar-refractivity contribution in [1.82, 2.24) is 4.31 Å². The van der Waals surface area contributed by atoms with Gasteiger partial charge in [-0.25, -0.2) is 8.42 Å². The van der Waals surface area contributed by atoms with Crippen LogP contribution >= 0.6 is 11.3 Å². The summed E-state index contributed by atoms with van der Waals surface area (Å²) in [4.78, 5) is 1.42. The van der Waals surface area contributed by atoms with Gasteiger partial charge in [0.2, 0.25) is 10.0 Å². The van der Waals surface area contributed by atoms with Crippen LogP contribution in [-0.4, -0.2) is 26.4 Å². The number of hydrogen-bond acceptors (Lipinski definition) is 5. The maximum atomic E-state index is 13.2. The van der Waals surface area contributed by atoms with Crippen LogP contribution in [0.4, 0.5) is 0 Å². The van der Waals surface area contributed by atoms with Crippen molar-refractivity contribution in [2.75, 3.05) is 13.7 Å². The van der Waals surface area contributed by atoms with Crippen LogP contribution < -0.4 is 4.74 Å². The highest BCUT2D eigenvalue weighted by molar-refractivity contribution is 7.89. The summed E-state index contributed by atoms with van der Waals surface area (Å²) < 4.78 is 38.3. The third-order valence-corrected chi connectivity index (χ3v) is 6.91. The van der Waals surface area contributed by atoms with Crippen LogP contribution in [0.3, 0.4) is 0 Å². The zero-order chi connectivity index (χ0) is 18.6. The Morgan fingerprint density at radius 3 is 2.69 bits per heavy atom. The monoisotopic (exact) mass is 391 g/mol. The van der Waals surface area contributed by atoms with Crippen molar-refractivity contribution in [3.63, 3.8) is 0 Å². The number of rotatable bonds is 8. The molecule has 0 amide bonds. The van der Waals surface area contributed by atoms with E-state index in [9.17, 15) is 8.42 Å². The molecule has 7 heteroatoms. The minimum absolute atomic E-state index is 0.269. The Balaban J connectivity index is 1.89. The fraction of sp³-hybridized carbons (Fsp3) is 0.263. The maximum absolute atomic E-state index is 13.2. The molecule has 0 bridgehead atoms. The lowest BCUT2D eigenvalue weighted by Crippen LogP contribution is -2.32. The first-order chi connectivity index (χ1) is 12.5. The van der Waals surface area contributed by atoms with Crippen LogP contribution in [0.25, 0.3) is 0 Å². The van der Waals surface area contributed by atoms with Gasteiger partial charge in [-0.15, -0.1) is 11.3 Å². The van der Waals surface area contributed by atoms with Crippen molar-refractivity contribution in [2.45, 2.75) is 24.8 Å². The minimum Gasteiger partial charge on any atom is -0.496 e. The largest absolute Gasteiger partial charge is 0.496 e. The Morgan fingerprint density at radius 1 is 1.23 bits per heavy atom. The van der Waals surface area contributed by atoms with Crippen molar-refractivity contribution < 1.29 is 17.6 Å². The summed E-state index contributed by atoms with van der Waals surface area (Å²) in [7, 11) is -2.06. The summed E-state index contributed by atoms with van der Waals surface area (Å²) in [5, 5.41) is 2.00. The highest BCUT2D eigenvalue weighted by Crippen LogP contribution is 2.25. The van der Waals surface area contributed by atoms with E-state index in [1.54, 1.807) is 55.2 Å². The van der Waals surface area contributed by atoms with Gasteiger partial charge in [0, 0.05) is 23.5 Å². The summed E-state index contributed by atoms with van der Waals surface area (Å²) in [5.74, 6) is 0.670. The van der Waals surface area contributed by atoms with Crippen molar-refractivity contribution in [3.05, 3.63) is 70.3 Å². The van der Waals surface area contributed by atoms with Crippen LogP contribution in [0.5, 0.6) is 5.75 Å². The van der Waals surface area contributed by atoms with E-state index in [1.807, 2.05) is 24.4 Å². The molecular weight excluding hydrogens is 370 g/mol. The number of sulfonamides is 1. The number of nitrogens with zero attached hydrogens (tertiary/aromatic N) is 1. The van der Waals surface area contributed by atoms with Gasteiger partial charge in [-0.2, -0.15) is 4.31 Å². The van der Waals surface area contributed by atoms with E-state index in [1.165, 1.54) is 4.31 Å². The van der Waals surface area contributed by atoms with E-state index in [0.29, 0.717) is 18.7 Å². The van der Waals surface area contributed by atoms with Gasteiger partial charge in [-0.1, -0.05) is 6.07 Å². The SMILES string of the molecule is COc1ccc(S(=O)(=O)N(CCc2cccs2)Cc2ccoc2)cc1C. The van der Waals surface area contributed by atoms with Crippen LogP contribution in [0.15, 0.2) is 63.6 Å². The lowest BCUT2D eigenvalue weighted by molar-refractivity contribution is 0.405. The highest BCUT2D eigenvalue weighted by Gasteiger charge is 2.25. The Kier molecular flexibility index (Phi) is 5.80. The number of hydrogen-bond donors (Lipinski definition) is 0. The molecule has 0 N–H and O–H groups in total. The van der Waals surface area contributed by atoms with Gasteiger partial charge in [0.15, 0.2) is 0 Å². The minimum atomic E-state index is -3.64. The maximum Gasteiger partial charge on any atom is 0.243 e. The second-order valence-corrected chi connectivity index (χ2v) is 8.90. The molecule has 0 unspecified atom stereocenters. The first kappa shape index (κ1) is 18.7. The summed E-state index contributed by atoms with van der Waals surface area (Å²) in [6.07, 6.45) is 3.80. The second-order valence-electron chi connectivity index (χ2n) is 5.93. The number of aryl methyl sites for hydroxylation is 1. The van der Waals surface area contributed by atoms with Crippen LogP contribution in [-0.2, 0) is 23.0 Å². The van der Waals surface area contributed by atoms with Crippen LogP contribution in [0.2, 0.25) is 0 Å². The van der Waals surface area contributed by atoms with E-state index >= 15 is 0 Å². The fourth-order valence-corrected chi connectivity index (χ4v) is 4.93. The molecule has 1 aromatic carbocycles. The zero-order valence-corrected chi connectivity index (χ0v) is 16.3. The van der Waals surface area contributed by atoms with Gasteiger partial charge in [0.25, 0.3) is 0 Å². The first-order valence-corrected chi connectivity index (χ1v) is 10.5. The Bertz CT molecular complexity index is 932. The fourth-order valence-electron chi connectivity index (χ4n) is 2.72. The molecule has 26 heavy (non-hydrogen) atoms. The summed E-state index contributed by atoms with van der Waals surface area (Å²) >= 11 is 1.63. The second kappa shape index (κ2) is 8.07. The van der Waals surface area contributed by atoms with Gasteiger partial charge >= 0.3 is 0 Å². The summed E-state index contributed by atoms with van der Waals surface area (Å²) in [6.45, 7) is 2.51. The molecule has 0 aliphatic heterocycles. The molecule has 0 radical (unpaired) electrons. The van der Waals surface area contributed by atoms with E-state index in [4.69, 9.17) is 9.15 Å². The molecule has 5 nitrogen and oxygen atoms in total. The number of thiophene rings is 1. The van der Waals surface area contributed by atoms with Crippen LogP contribution in [0.1, 0.15) is 16.0 Å². The number of methoxy groups -OCH3 is 1. The number of furan rings is 1. The van der Waals surface area contributed by atoms with E-state index < -0.39 is 10.0 Å². The standard InChI is InChI=1S/C19H21NO4S2/c1-15-12-18(5-6-19(15)23-2)26(21,22)20(13-16-8-10-24-14-16)9-7-17-4-3-11-25-17/h3-6,8,10-12,14H,7,9,13H2,1-2H3. The summed E-state index contributed by atoms with van der Waals surface area (Å²) in [6, 6.07) is 10.7. The van der Waals surface area contributed by atoms with Crippen molar-refractivity contribution in [1.29, 1.82) is 0 Å². The van der Waals surface area contributed by atoms with E-state index in [-0.39, 0.29) is 11.4 Å². The lowest BCUT2D eigenvalue weighted by atomic mass is 10.2. The average Bonchev–Trinajstić information content (AvgIpc) is 3.32. The predicted octanol–water partition coefficient (Wildman–Crippen LogP) is 4.09. The van der Waals surface area contributed by atoms with Gasteiger partial charge in [0.05, 0.1) is 24.5 Å². The molecule has 3 rings (SSSR count). The molecule has 3 aromatic rings. The lowest BCUT2D eigenvalue weighted by Gasteiger charge is -2.22. The van der Waals surface area contributed by atoms with Crippen molar-refractivity contribution in [2.24, 2.45) is 0 Å². The molecule has 0 aliphatic rings. The highest BCUT2D eigenvalue weighted by atomic mass is 32.2. The summed E-state index contributed by atoms with van der Waals surface area (Å²) in [5.41, 5.74) is 1.61. The Labute approximate surface area is 157 Å². The zero-order valence-electron chi connectivity index (χ0n) is 14.7. The molecule has 0 atom stereocenters. The van der Waals surface area contributed by atoms with E-state index in [2.05, 4.69) is 0 Å². The number of benzene rings is 1. The van der Waals surface area contributed by atoms with Crippen molar-refractivity contribution >= 4 is 21.4 Å². The third-order valence-electron chi connectivity index (χ3n) is 4.13. The molecule has 138 valence electrons. The normalized spacial score (nSPS) is 11.8. The quantitative estimate of drug-likeness (QED) is 0.580. The van der Waals surface area contributed by atoms with Gasteiger partial charge in [-0.05, 0) is 54.6 Å². The van der Waals surface area contributed by atoms with E-state index in [0.717, 1.165) is 16.0 Å². The van der Waals surface area contributed by atoms with Gasteiger partial charge < -0.3 is 9.15 Å². The average molecular weight is 392 g/mol. The first-order valence-electron chi connectivity index (χ1n) is 8.19. The van der Waals surface area contributed by atoms with Crippen LogP contribution in [0, 0.1) is 6.92 Å². The molecule has 0 saturated carbocycles. The van der Waals surface area contributed by atoms with Crippen molar-refractivity contribution in [3.8, 4) is 5.75 Å². The molecule has 2 aromatic heterocycles. The number of ether oxygens (including phenoxy) is 1. The molecule has 2 heterocycles. The topological polar surface area (TPSA) is 59.8 Å². The Morgan fingerprint density at radius 2 is 2.08 bits per heavy atom.